The van der Waals surface area contributed by atoms with Gasteiger partial charge in [-0.3, -0.25) is 0 Å². The zero-order chi connectivity index (χ0) is 0. The van der Waals surface area contributed by atoms with E-state index in [4.69, 9.17) is 0 Å². The molecule has 0 N–H and O–H groups in total. The summed E-state index contributed by atoms with van der Waals surface area (Å²) in [6.07, 6.45) is 0. The van der Waals surface area contributed by atoms with Gasteiger partial charge in [0.15, 0.2) is 0 Å². The monoisotopic (exact) mass is 148 g/mol. The summed E-state index contributed by atoms with van der Waals surface area (Å²) in [4.78, 5) is 0. The molecule has 4 heavy (non-hydrogen) atoms. The Hall–Kier alpha value is 0.673. The third kappa shape index (κ3) is 16.5. The average Bonchev–Trinajstić information content (AvgIpc) is 0. The first-order valence-electron chi connectivity index (χ1n) is 0. The predicted octanol–water partition coefficient (Wildman–Crippen LogP) is -8.88. The maximum atomic E-state index is 0. The van der Waals surface area contributed by atoms with Crippen molar-refractivity contribution in [3.8, 4) is 0 Å². The van der Waals surface area contributed by atoms with Crippen LogP contribution in [0.25, 0.3) is 0 Å². The van der Waals surface area contributed by atoms with E-state index in [1.807, 2.05) is 0 Å². The van der Waals surface area contributed by atoms with Crippen LogP contribution in [-0.2, 0) is 26.2 Å². The Morgan fingerprint density at radius 1 is 0.750 bits per heavy atom. The van der Waals surface area contributed by atoms with Gasteiger partial charge in [-0.25, -0.2) is 0 Å². The smallest absolute Gasteiger partial charge is 1.00 e. The Bertz CT molecular complexity index is 6.85. The maximum absolute atomic E-state index is 0. The standard InChI is InChI=1S/3FH.Zr.H/h3*1H;;/q;;;+4;-1/p-3. The first-order chi connectivity index (χ1) is 0. The largest absolute Gasteiger partial charge is 4.00 e. The molecule has 0 aromatic heterocycles. The molecule has 0 aliphatic carbocycles. The van der Waals surface area contributed by atoms with E-state index in [0.717, 1.165) is 0 Å². The van der Waals surface area contributed by atoms with E-state index in [1.54, 1.807) is 0 Å². The Balaban J connectivity index is 0. The van der Waals surface area contributed by atoms with Crippen LogP contribution in [0.1, 0.15) is 1.43 Å². The summed E-state index contributed by atoms with van der Waals surface area (Å²) in [5.74, 6) is 0. The molecule has 0 rings (SSSR count). The average molecular weight is 149 g/mol. The number of hydrogen-bond donors (Lipinski definition) is 0. The molecule has 0 aliphatic heterocycles. The molecule has 0 nitrogen and oxygen atoms in total. The fourth-order valence-electron chi connectivity index (χ4n) is 0. The zero-order valence-corrected chi connectivity index (χ0v) is 4.09. The summed E-state index contributed by atoms with van der Waals surface area (Å²) < 4.78 is 0. The summed E-state index contributed by atoms with van der Waals surface area (Å²) >= 11 is 0. The van der Waals surface area contributed by atoms with Crippen LogP contribution in [0.15, 0.2) is 0 Å². The minimum absolute atomic E-state index is 0. The summed E-state index contributed by atoms with van der Waals surface area (Å²) in [6.45, 7) is 0. The number of rotatable bonds is 0. The topological polar surface area (TPSA) is 0 Å². The number of halogens is 3. The van der Waals surface area contributed by atoms with E-state index in [-0.39, 0.29) is 41.7 Å². The van der Waals surface area contributed by atoms with Crippen molar-refractivity contribution >= 4 is 0 Å². The van der Waals surface area contributed by atoms with Crippen LogP contribution in [0.3, 0.4) is 0 Å². The summed E-state index contributed by atoms with van der Waals surface area (Å²) in [5.41, 5.74) is 0. The minimum Gasteiger partial charge on any atom is -1.00 e. The molecule has 0 aromatic rings. The molecule has 26 valence electrons. The molecule has 0 saturated carbocycles. The molecular weight excluding hydrogens is 148 g/mol. The van der Waals surface area contributed by atoms with Crippen LogP contribution in [0.2, 0.25) is 0 Å². The Morgan fingerprint density at radius 3 is 0.750 bits per heavy atom. The van der Waals surface area contributed by atoms with Gasteiger partial charge in [-0.15, -0.1) is 0 Å². The van der Waals surface area contributed by atoms with Crippen molar-refractivity contribution in [1.29, 1.82) is 0 Å². The van der Waals surface area contributed by atoms with Gasteiger partial charge in [0.1, 0.15) is 0 Å². The van der Waals surface area contributed by atoms with Gasteiger partial charge in [0.25, 0.3) is 0 Å². The molecule has 0 saturated heterocycles. The van der Waals surface area contributed by atoms with E-state index in [1.165, 1.54) is 0 Å². The molecule has 4 heteroatoms. The van der Waals surface area contributed by atoms with Crippen molar-refractivity contribution in [2.75, 3.05) is 0 Å². The molecule has 0 unspecified atom stereocenters. The first-order valence-corrected chi connectivity index (χ1v) is 0. The van der Waals surface area contributed by atoms with Gasteiger partial charge in [-0.2, -0.15) is 0 Å². The van der Waals surface area contributed by atoms with Gasteiger partial charge in [0.05, 0.1) is 0 Å². The molecule has 0 aromatic carbocycles. The van der Waals surface area contributed by atoms with Crippen LogP contribution in [0, 0.1) is 0 Å². The Kier molecular flexibility index (Phi) is 2020. The first kappa shape index (κ1) is 139. The maximum Gasteiger partial charge on any atom is 4.00 e. The summed E-state index contributed by atoms with van der Waals surface area (Å²) in [6, 6.07) is 0. The molecule has 0 heterocycles. The normalized spacial score (nSPS) is 0. The third-order valence-corrected chi connectivity index (χ3v) is 0. The van der Waals surface area contributed by atoms with Gasteiger partial charge in [-0.05, 0) is 0 Å². The molecule has 0 aliphatic rings. The summed E-state index contributed by atoms with van der Waals surface area (Å²) in [5, 5.41) is 0. The van der Waals surface area contributed by atoms with Gasteiger partial charge in [-0.1, -0.05) is 0 Å². The van der Waals surface area contributed by atoms with E-state index in [9.17, 15) is 0 Å². The van der Waals surface area contributed by atoms with E-state index in [0.29, 0.717) is 0 Å². The number of hydrogen-bond acceptors (Lipinski definition) is 0. The second kappa shape index (κ2) is 57.9. The third-order valence-electron chi connectivity index (χ3n) is 0. The van der Waals surface area contributed by atoms with Gasteiger partial charge in [0, 0.05) is 0 Å². The van der Waals surface area contributed by atoms with E-state index < -0.39 is 0 Å². The van der Waals surface area contributed by atoms with Gasteiger partial charge in [0.2, 0.25) is 0 Å². The van der Waals surface area contributed by atoms with Crippen molar-refractivity contribution < 1.29 is 41.7 Å². The zero-order valence-electron chi connectivity index (χ0n) is 2.63. The molecule has 0 spiro atoms. The molecule has 0 atom stereocenters. The fourth-order valence-corrected chi connectivity index (χ4v) is 0. The van der Waals surface area contributed by atoms with Crippen LogP contribution < -0.4 is 14.1 Å². The molecule has 0 amide bonds. The fraction of sp³-hybridized carbons (Fsp3) is 0. The minimum atomic E-state index is 0. The van der Waals surface area contributed by atoms with Crippen molar-refractivity contribution in [3.63, 3.8) is 0 Å². The quantitative estimate of drug-likeness (QED) is 0.321. The summed E-state index contributed by atoms with van der Waals surface area (Å²) in [7, 11) is 0. The van der Waals surface area contributed by atoms with Crippen molar-refractivity contribution in [2.24, 2.45) is 0 Å². The predicted molar refractivity (Wildman–Crippen MR) is 1.11 cm³/mol. The van der Waals surface area contributed by atoms with Gasteiger partial charge >= 0.3 is 26.2 Å². The molecule has 0 fully saturated rings. The molecule has 0 bridgehead atoms. The molecule has 0 radical (unpaired) electrons. The SMILES string of the molecule is [F-].[F-].[F-].[H-].[Zr+4]. The van der Waals surface area contributed by atoms with Crippen molar-refractivity contribution in [3.05, 3.63) is 0 Å². The Labute approximate surface area is 42.3 Å². The van der Waals surface area contributed by atoms with Crippen LogP contribution >= 0.6 is 0 Å². The van der Waals surface area contributed by atoms with E-state index in [2.05, 4.69) is 0 Å². The molecular formula is HF3Zr. The second-order valence-electron chi connectivity index (χ2n) is 0. The van der Waals surface area contributed by atoms with E-state index >= 15 is 0 Å². The van der Waals surface area contributed by atoms with Crippen molar-refractivity contribution in [2.45, 2.75) is 0 Å². The van der Waals surface area contributed by atoms with Gasteiger partial charge < -0.3 is 15.5 Å². The second-order valence-corrected chi connectivity index (χ2v) is 0. The Morgan fingerprint density at radius 2 is 0.750 bits per heavy atom. The van der Waals surface area contributed by atoms with Crippen LogP contribution in [-0.4, -0.2) is 0 Å². The van der Waals surface area contributed by atoms with Crippen LogP contribution in [0.4, 0.5) is 0 Å². The van der Waals surface area contributed by atoms with Crippen LogP contribution in [0.5, 0.6) is 0 Å². The van der Waals surface area contributed by atoms with Crippen molar-refractivity contribution in [1.82, 2.24) is 0 Å².